The van der Waals surface area contributed by atoms with Crippen LogP contribution in [0.4, 0.5) is 4.79 Å². The van der Waals surface area contributed by atoms with Gasteiger partial charge in [-0.1, -0.05) is 5.57 Å². The van der Waals surface area contributed by atoms with Crippen LogP contribution in [-0.2, 0) is 0 Å². The fraction of sp³-hybridized carbons (Fsp3) is 0.571. The van der Waals surface area contributed by atoms with Gasteiger partial charge in [0.1, 0.15) is 0 Å². The van der Waals surface area contributed by atoms with Crippen molar-refractivity contribution in [3.63, 3.8) is 0 Å². The lowest BCUT2D eigenvalue weighted by Crippen LogP contribution is -2.31. The molecule has 0 aromatic rings. The first-order valence-corrected chi connectivity index (χ1v) is 3.34. The molecule has 10 heavy (non-hydrogen) atoms. The minimum absolute atomic E-state index is 0.149. The number of hydrogen-bond donors (Lipinski definition) is 2. The van der Waals surface area contributed by atoms with Crippen molar-refractivity contribution >= 4 is 6.03 Å². The van der Waals surface area contributed by atoms with Gasteiger partial charge in [-0.25, -0.2) is 4.79 Å². The van der Waals surface area contributed by atoms with Crippen LogP contribution in [0.5, 0.6) is 0 Å². The van der Waals surface area contributed by atoms with Crippen LogP contribution >= 0.6 is 0 Å². The number of carbonyl (C=O) groups is 1. The van der Waals surface area contributed by atoms with Gasteiger partial charge < -0.3 is 10.6 Å². The van der Waals surface area contributed by atoms with Crippen LogP contribution in [0.3, 0.4) is 0 Å². The first-order chi connectivity index (χ1) is 4.66. The summed E-state index contributed by atoms with van der Waals surface area (Å²) in [4.78, 5) is 10.7. The Morgan fingerprint density at radius 2 is 2.10 bits per heavy atom. The molecule has 3 nitrogen and oxygen atoms in total. The normalized spacial score (nSPS) is 8.30. The van der Waals surface area contributed by atoms with Gasteiger partial charge in [0.2, 0.25) is 0 Å². The standard InChI is InChI=1S/C7H14N2O/c1-4-8-7(10)9-5-6(2)3/h5H,4H2,1-3H3,(H2,8,9,10). The first kappa shape index (κ1) is 9.01. The number of rotatable bonds is 2. The summed E-state index contributed by atoms with van der Waals surface area (Å²) >= 11 is 0. The summed E-state index contributed by atoms with van der Waals surface area (Å²) in [6, 6.07) is -0.149. The van der Waals surface area contributed by atoms with E-state index in [4.69, 9.17) is 0 Å². The van der Waals surface area contributed by atoms with E-state index in [0.717, 1.165) is 5.57 Å². The van der Waals surface area contributed by atoms with Crippen molar-refractivity contribution < 1.29 is 4.79 Å². The molecule has 3 heteroatoms. The molecule has 0 aliphatic heterocycles. The molecule has 0 saturated carbocycles. The minimum atomic E-state index is -0.149. The average molecular weight is 142 g/mol. The molecule has 0 rings (SSSR count). The zero-order valence-corrected chi connectivity index (χ0v) is 6.69. The molecule has 2 amide bonds. The SMILES string of the molecule is CCNC(=O)NC=C(C)C. The van der Waals surface area contributed by atoms with E-state index in [2.05, 4.69) is 10.6 Å². The van der Waals surface area contributed by atoms with Crippen molar-refractivity contribution in [1.82, 2.24) is 10.6 Å². The summed E-state index contributed by atoms with van der Waals surface area (Å²) < 4.78 is 0. The number of amides is 2. The van der Waals surface area contributed by atoms with Crippen LogP contribution in [0.15, 0.2) is 11.8 Å². The molecular formula is C7H14N2O. The zero-order chi connectivity index (χ0) is 7.98. The van der Waals surface area contributed by atoms with Crippen LogP contribution in [0, 0.1) is 0 Å². The van der Waals surface area contributed by atoms with E-state index >= 15 is 0 Å². The highest BCUT2D eigenvalue weighted by Crippen LogP contribution is 1.82. The number of allylic oxidation sites excluding steroid dienone is 1. The summed E-state index contributed by atoms with van der Waals surface area (Å²) in [5.74, 6) is 0. The van der Waals surface area contributed by atoms with Gasteiger partial charge in [0, 0.05) is 12.7 Å². The predicted molar refractivity (Wildman–Crippen MR) is 41.6 cm³/mol. The fourth-order valence-corrected chi connectivity index (χ4v) is 0.421. The van der Waals surface area contributed by atoms with Gasteiger partial charge in [0.15, 0.2) is 0 Å². The highest BCUT2D eigenvalue weighted by molar-refractivity contribution is 5.74. The minimum Gasteiger partial charge on any atom is -0.338 e. The fourth-order valence-electron chi connectivity index (χ4n) is 0.421. The Morgan fingerprint density at radius 3 is 2.50 bits per heavy atom. The molecule has 0 spiro atoms. The van der Waals surface area contributed by atoms with Crippen molar-refractivity contribution in [2.45, 2.75) is 20.8 Å². The molecule has 0 fully saturated rings. The monoisotopic (exact) mass is 142 g/mol. The summed E-state index contributed by atoms with van der Waals surface area (Å²) in [5.41, 5.74) is 1.08. The number of carbonyl (C=O) groups excluding carboxylic acids is 1. The van der Waals surface area contributed by atoms with Crippen molar-refractivity contribution in [2.24, 2.45) is 0 Å². The van der Waals surface area contributed by atoms with E-state index in [0.29, 0.717) is 6.54 Å². The summed E-state index contributed by atoms with van der Waals surface area (Å²) in [6.45, 7) is 6.38. The van der Waals surface area contributed by atoms with Gasteiger partial charge in [0.05, 0.1) is 0 Å². The summed E-state index contributed by atoms with van der Waals surface area (Å²) in [6.07, 6.45) is 1.67. The van der Waals surface area contributed by atoms with Crippen LogP contribution in [-0.4, -0.2) is 12.6 Å². The van der Waals surface area contributed by atoms with Crippen molar-refractivity contribution in [3.8, 4) is 0 Å². The van der Waals surface area contributed by atoms with Crippen molar-refractivity contribution in [3.05, 3.63) is 11.8 Å². The molecule has 0 saturated heterocycles. The topological polar surface area (TPSA) is 41.1 Å². The summed E-state index contributed by atoms with van der Waals surface area (Å²) in [5, 5.41) is 5.18. The quantitative estimate of drug-likeness (QED) is 0.598. The van der Waals surface area contributed by atoms with Gasteiger partial charge >= 0.3 is 6.03 Å². The molecule has 58 valence electrons. The van der Waals surface area contributed by atoms with Gasteiger partial charge in [-0.05, 0) is 20.8 Å². The Labute approximate surface area is 61.5 Å². The maximum absolute atomic E-state index is 10.7. The molecular weight excluding hydrogens is 128 g/mol. The zero-order valence-electron chi connectivity index (χ0n) is 6.69. The highest BCUT2D eigenvalue weighted by atomic mass is 16.2. The van der Waals surface area contributed by atoms with E-state index in [1.807, 2.05) is 20.8 Å². The Morgan fingerprint density at radius 1 is 1.50 bits per heavy atom. The molecule has 0 aliphatic rings. The molecule has 0 unspecified atom stereocenters. The maximum Gasteiger partial charge on any atom is 0.318 e. The molecule has 0 atom stereocenters. The van der Waals surface area contributed by atoms with E-state index < -0.39 is 0 Å². The average Bonchev–Trinajstić information content (AvgIpc) is 1.85. The molecule has 0 aromatic heterocycles. The second-order valence-corrected chi connectivity index (χ2v) is 2.23. The van der Waals surface area contributed by atoms with E-state index in [1.165, 1.54) is 0 Å². The lowest BCUT2D eigenvalue weighted by Gasteiger charge is -1.99. The molecule has 0 aliphatic carbocycles. The molecule has 2 N–H and O–H groups in total. The third-order valence-electron chi connectivity index (χ3n) is 0.829. The molecule has 0 aromatic carbocycles. The van der Waals surface area contributed by atoms with Gasteiger partial charge in [-0.15, -0.1) is 0 Å². The number of urea groups is 1. The van der Waals surface area contributed by atoms with E-state index in [9.17, 15) is 4.79 Å². The number of hydrogen-bond acceptors (Lipinski definition) is 1. The second kappa shape index (κ2) is 4.85. The van der Waals surface area contributed by atoms with Crippen molar-refractivity contribution in [1.29, 1.82) is 0 Å². The molecule has 0 bridgehead atoms. The predicted octanol–water partition coefficient (Wildman–Crippen LogP) is 1.23. The van der Waals surface area contributed by atoms with Crippen LogP contribution in [0.25, 0.3) is 0 Å². The second-order valence-electron chi connectivity index (χ2n) is 2.23. The first-order valence-electron chi connectivity index (χ1n) is 3.34. The Balaban J connectivity index is 3.49. The van der Waals surface area contributed by atoms with Crippen LogP contribution in [0.2, 0.25) is 0 Å². The molecule has 0 radical (unpaired) electrons. The lowest BCUT2D eigenvalue weighted by molar-refractivity contribution is 0.244. The Hall–Kier alpha value is -0.990. The largest absolute Gasteiger partial charge is 0.338 e. The van der Waals surface area contributed by atoms with E-state index in [-0.39, 0.29) is 6.03 Å². The lowest BCUT2D eigenvalue weighted by atomic mass is 10.4. The van der Waals surface area contributed by atoms with Crippen LogP contribution in [0.1, 0.15) is 20.8 Å². The van der Waals surface area contributed by atoms with Crippen molar-refractivity contribution in [2.75, 3.05) is 6.54 Å². The summed E-state index contributed by atoms with van der Waals surface area (Å²) in [7, 11) is 0. The maximum atomic E-state index is 10.7. The number of nitrogens with one attached hydrogen (secondary N) is 2. The van der Waals surface area contributed by atoms with Gasteiger partial charge in [-0.3, -0.25) is 0 Å². The third-order valence-corrected chi connectivity index (χ3v) is 0.829. The van der Waals surface area contributed by atoms with Gasteiger partial charge in [0.25, 0.3) is 0 Å². The third kappa shape index (κ3) is 5.15. The van der Waals surface area contributed by atoms with Gasteiger partial charge in [-0.2, -0.15) is 0 Å². The van der Waals surface area contributed by atoms with E-state index in [1.54, 1.807) is 6.20 Å². The highest BCUT2D eigenvalue weighted by Gasteiger charge is 1.90. The Kier molecular flexibility index (Phi) is 4.37. The Bertz CT molecular complexity index is 137. The van der Waals surface area contributed by atoms with Crippen LogP contribution < -0.4 is 10.6 Å². The molecule has 0 heterocycles. The smallest absolute Gasteiger partial charge is 0.318 e.